The summed E-state index contributed by atoms with van der Waals surface area (Å²) < 4.78 is 6.60. The lowest BCUT2D eigenvalue weighted by Gasteiger charge is -2.29. The van der Waals surface area contributed by atoms with Crippen LogP contribution >= 0.6 is 39.1 Å². The van der Waals surface area contributed by atoms with Gasteiger partial charge in [0.2, 0.25) is 5.91 Å². The molecule has 2 aromatic rings. The molecule has 8 heteroatoms. The molecule has 0 bridgehead atoms. The van der Waals surface area contributed by atoms with Crippen molar-refractivity contribution in [2.75, 3.05) is 13.2 Å². The van der Waals surface area contributed by atoms with Crippen LogP contribution in [0.25, 0.3) is 0 Å². The van der Waals surface area contributed by atoms with E-state index in [0.717, 1.165) is 10.0 Å². The second kappa shape index (κ2) is 12.3. The van der Waals surface area contributed by atoms with Crippen molar-refractivity contribution in [2.45, 2.75) is 59.5 Å². The number of nitrogens with one attached hydrogen (secondary N) is 1. The summed E-state index contributed by atoms with van der Waals surface area (Å²) in [7, 11) is 0. The number of rotatable bonds is 9. The molecule has 0 aromatic heterocycles. The number of ether oxygens (including phenoxy) is 1. The van der Waals surface area contributed by atoms with Crippen LogP contribution in [0.4, 0.5) is 0 Å². The molecule has 0 saturated heterocycles. The molecule has 0 saturated carbocycles. The molecule has 0 aliphatic heterocycles. The average molecular weight is 572 g/mol. The third-order valence-electron chi connectivity index (χ3n) is 5.36. The molecule has 2 aromatic carbocycles. The van der Waals surface area contributed by atoms with Gasteiger partial charge in [-0.05, 0) is 69.6 Å². The Morgan fingerprint density at radius 3 is 2.32 bits per heavy atom. The molecule has 0 aliphatic carbocycles. The van der Waals surface area contributed by atoms with Crippen LogP contribution in [0.3, 0.4) is 0 Å². The van der Waals surface area contributed by atoms with E-state index >= 15 is 0 Å². The minimum Gasteiger partial charge on any atom is -0.483 e. The van der Waals surface area contributed by atoms with Crippen LogP contribution in [0.15, 0.2) is 40.9 Å². The van der Waals surface area contributed by atoms with Crippen LogP contribution < -0.4 is 10.1 Å². The van der Waals surface area contributed by atoms with Crippen LogP contribution in [0.5, 0.6) is 5.75 Å². The molecule has 0 unspecified atom stereocenters. The van der Waals surface area contributed by atoms with Crippen LogP contribution in [0, 0.1) is 5.92 Å². The van der Waals surface area contributed by atoms with Crippen molar-refractivity contribution in [2.24, 2.45) is 5.92 Å². The molecule has 1 N–H and O–H groups in total. The monoisotopic (exact) mass is 570 g/mol. The van der Waals surface area contributed by atoms with Crippen LogP contribution in [-0.2, 0) is 21.5 Å². The van der Waals surface area contributed by atoms with Crippen molar-refractivity contribution in [1.82, 2.24) is 10.2 Å². The van der Waals surface area contributed by atoms with Crippen molar-refractivity contribution < 1.29 is 14.3 Å². The second-order valence-electron chi connectivity index (χ2n) is 9.76. The van der Waals surface area contributed by atoms with Crippen molar-refractivity contribution in [1.29, 1.82) is 0 Å². The third kappa shape index (κ3) is 8.17. The van der Waals surface area contributed by atoms with E-state index in [4.69, 9.17) is 27.9 Å². The van der Waals surface area contributed by atoms with Gasteiger partial charge in [-0.3, -0.25) is 9.59 Å². The van der Waals surface area contributed by atoms with Crippen molar-refractivity contribution >= 4 is 50.9 Å². The fourth-order valence-corrected chi connectivity index (χ4v) is 4.14. The SMILES string of the molecule is CC(C)CNC(=O)[C@H](C)N(Cc1ccc(Cl)cc1Cl)C(=O)COc1ccc(C(C)(C)C)cc1Br. The molecule has 1 atom stereocenters. The van der Waals surface area contributed by atoms with Gasteiger partial charge in [0.05, 0.1) is 4.47 Å². The molecule has 186 valence electrons. The number of benzene rings is 2. The Morgan fingerprint density at radius 2 is 1.76 bits per heavy atom. The standard InChI is InChI=1S/C26H33BrCl2N2O3/c1-16(2)13-30-25(33)17(3)31(14-18-7-9-20(28)12-22(18)29)24(32)15-34-23-10-8-19(11-21(23)27)26(4,5)6/h7-12,16-17H,13-15H2,1-6H3,(H,30,33)/t17-/m0/s1. The molecule has 2 amide bonds. The van der Waals surface area contributed by atoms with E-state index in [1.807, 2.05) is 32.0 Å². The van der Waals surface area contributed by atoms with Crippen LogP contribution in [0.1, 0.15) is 52.7 Å². The van der Waals surface area contributed by atoms with Crippen molar-refractivity contribution in [3.63, 3.8) is 0 Å². The maximum absolute atomic E-state index is 13.3. The molecule has 0 aliphatic rings. The summed E-state index contributed by atoms with van der Waals surface area (Å²) in [5, 5.41) is 3.83. The van der Waals surface area contributed by atoms with Gasteiger partial charge in [0.25, 0.3) is 5.91 Å². The lowest BCUT2D eigenvalue weighted by molar-refractivity contribution is -0.142. The largest absolute Gasteiger partial charge is 0.483 e. The molecule has 5 nitrogen and oxygen atoms in total. The van der Waals surface area contributed by atoms with Crippen molar-refractivity contribution in [3.05, 3.63) is 62.0 Å². The maximum atomic E-state index is 13.3. The van der Waals surface area contributed by atoms with Gasteiger partial charge in [-0.15, -0.1) is 0 Å². The predicted molar refractivity (Wildman–Crippen MR) is 143 cm³/mol. The molecular formula is C26H33BrCl2N2O3. The molecule has 34 heavy (non-hydrogen) atoms. The molecule has 0 fully saturated rings. The normalized spacial score (nSPS) is 12.4. The van der Waals surface area contributed by atoms with Gasteiger partial charge >= 0.3 is 0 Å². The lowest BCUT2D eigenvalue weighted by atomic mass is 9.87. The Balaban J connectivity index is 2.21. The van der Waals surface area contributed by atoms with E-state index in [1.165, 1.54) is 4.90 Å². The number of amides is 2. The summed E-state index contributed by atoms with van der Waals surface area (Å²) in [4.78, 5) is 27.5. The number of carbonyl (C=O) groups excluding carboxylic acids is 2. The number of carbonyl (C=O) groups is 2. The fourth-order valence-electron chi connectivity index (χ4n) is 3.18. The summed E-state index contributed by atoms with van der Waals surface area (Å²) in [6, 6.07) is 10.2. The molecular weight excluding hydrogens is 539 g/mol. The lowest BCUT2D eigenvalue weighted by Crippen LogP contribution is -2.49. The minimum absolute atomic E-state index is 0.00963. The first-order chi connectivity index (χ1) is 15.8. The van der Waals surface area contributed by atoms with E-state index in [0.29, 0.717) is 33.8 Å². The highest BCUT2D eigenvalue weighted by Gasteiger charge is 2.27. The Hall–Kier alpha value is -1.76. The zero-order valence-corrected chi connectivity index (χ0v) is 23.6. The Morgan fingerprint density at radius 1 is 1.09 bits per heavy atom. The molecule has 2 rings (SSSR count). The number of hydrogen-bond acceptors (Lipinski definition) is 3. The quantitative estimate of drug-likeness (QED) is 0.368. The second-order valence-corrected chi connectivity index (χ2v) is 11.5. The highest BCUT2D eigenvalue weighted by atomic mass is 79.9. The average Bonchev–Trinajstić information content (AvgIpc) is 2.74. The van der Waals surface area contributed by atoms with Gasteiger partial charge in [-0.2, -0.15) is 0 Å². The Labute approximate surface area is 221 Å². The molecule has 0 spiro atoms. The van der Waals surface area contributed by atoms with Crippen LogP contribution in [0.2, 0.25) is 10.0 Å². The number of hydrogen-bond donors (Lipinski definition) is 1. The zero-order chi connectivity index (χ0) is 25.6. The fraction of sp³-hybridized carbons (Fsp3) is 0.462. The minimum atomic E-state index is -0.715. The summed E-state index contributed by atoms with van der Waals surface area (Å²) in [6.45, 7) is 12.6. The summed E-state index contributed by atoms with van der Waals surface area (Å²) in [5.74, 6) is 0.290. The number of halogens is 3. The first kappa shape index (κ1) is 28.5. The highest BCUT2D eigenvalue weighted by molar-refractivity contribution is 9.10. The maximum Gasteiger partial charge on any atom is 0.261 e. The summed E-state index contributed by atoms with van der Waals surface area (Å²) in [6.07, 6.45) is 0. The Kier molecular flexibility index (Phi) is 10.3. The van der Waals surface area contributed by atoms with Gasteiger partial charge in [-0.25, -0.2) is 0 Å². The first-order valence-corrected chi connectivity index (χ1v) is 12.8. The Bertz CT molecular complexity index is 1020. The van der Waals surface area contributed by atoms with E-state index in [1.54, 1.807) is 25.1 Å². The van der Waals surface area contributed by atoms with E-state index in [-0.39, 0.29) is 30.4 Å². The van der Waals surface area contributed by atoms with Crippen LogP contribution in [-0.4, -0.2) is 35.9 Å². The summed E-state index contributed by atoms with van der Waals surface area (Å²) >= 11 is 15.9. The van der Waals surface area contributed by atoms with E-state index in [9.17, 15) is 9.59 Å². The molecule has 0 radical (unpaired) electrons. The van der Waals surface area contributed by atoms with E-state index in [2.05, 4.69) is 42.0 Å². The first-order valence-electron chi connectivity index (χ1n) is 11.2. The van der Waals surface area contributed by atoms with Gasteiger partial charge in [0.1, 0.15) is 11.8 Å². The van der Waals surface area contributed by atoms with Gasteiger partial charge in [-0.1, -0.05) is 70.0 Å². The van der Waals surface area contributed by atoms with E-state index < -0.39 is 6.04 Å². The zero-order valence-electron chi connectivity index (χ0n) is 20.5. The highest BCUT2D eigenvalue weighted by Crippen LogP contribution is 2.31. The summed E-state index contributed by atoms with van der Waals surface area (Å²) in [5.41, 5.74) is 1.83. The van der Waals surface area contributed by atoms with Gasteiger partial charge in [0.15, 0.2) is 6.61 Å². The predicted octanol–water partition coefficient (Wildman–Crippen LogP) is 6.62. The third-order valence-corrected chi connectivity index (χ3v) is 6.56. The topological polar surface area (TPSA) is 58.6 Å². The smallest absolute Gasteiger partial charge is 0.261 e. The molecule has 0 heterocycles. The number of nitrogens with zero attached hydrogens (tertiary/aromatic N) is 1. The van der Waals surface area contributed by atoms with Crippen molar-refractivity contribution in [3.8, 4) is 5.75 Å². The van der Waals surface area contributed by atoms with Gasteiger partial charge < -0.3 is 15.0 Å². The van der Waals surface area contributed by atoms with Gasteiger partial charge in [0, 0.05) is 23.1 Å².